The highest BCUT2D eigenvalue weighted by Gasteiger charge is 2.20. The van der Waals surface area contributed by atoms with Crippen LogP contribution in [0.15, 0.2) is 67.0 Å². The van der Waals surface area contributed by atoms with Crippen molar-refractivity contribution in [2.75, 3.05) is 7.05 Å². The molecule has 0 aliphatic rings. The van der Waals surface area contributed by atoms with E-state index in [4.69, 9.17) is 0 Å². The van der Waals surface area contributed by atoms with Crippen molar-refractivity contribution in [2.24, 2.45) is 0 Å². The van der Waals surface area contributed by atoms with E-state index < -0.39 is 0 Å². The van der Waals surface area contributed by atoms with E-state index in [0.717, 1.165) is 21.9 Å². The Hall–Kier alpha value is -2.68. The number of pyridine rings is 1. The number of carbonyl (C=O) groups is 1. The summed E-state index contributed by atoms with van der Waals surface area (Å²) in [6.45, 7) is 2.01. The van der Waals surface area contributed by atoms with Crippen LogP contribution in [-0.2, 0) is 0 Å². The zero-order valence-electron chi connectivity index (χ0n) is 12.7. The van der Waals surface area contributed by atoms with Gasteiger partial charge in [-0.15, -0.1) is 0 Å². The van der Waals surface area contributed by atoms with Crippen LogP contribution in [0.3, 0.4) is 0 Å². The van der Waals surface area contributed by atoms with E-state index in [-0.39, 0.29) is 11.9 Å². The van der Waals surface area contributed by atoms with Crippen LogP contribution < -0.4 is 0 Å². The van der Waals surface area contributed by atoms with E-state index in [1.807, 2.05) is 68.6 Å². The Morgan fingerprint density at radius 3 is 2.59 bits per heavy atom. The molecule has 3 aromatic rings. The summed E-state index contributed by atoms with van der Waals surface area (Å²) in [6.07, 6.45) is 3.54. The summed E-state index contributed by atoms with van der Waals surface area (Å²) in [5.41, 5.74) is 1.76. The van der Waals surface area contributed by atoms with Gasteiger partial charge in [0.05, 0.1) is 6.04 Å². The molecule has 0 radical (unpaired) electrons. The summed E-state index contributed by atoms with van der Waals surface area (Å²) in [5.74, 6) is 0.0214. The van der Waals surface area contributed by atoms with Gasteiger partial charge in [-0.3, -0.25) is 9.78 Å². The van der Waals surface area contributed by atoms with Crippen LogP contribution in [0.5, 0.6) is 0 Å². The molecule has 0 bridgehead atoms. The lowest BCUT2D eigenvalue weighted by molar-refractivity contribution is 0.0744. The van der Waals surface area contributed by atoms with E-state index in [2.05, 4.69) is 4.98 Å². The molecular formula is C19H18N2O. The summed E-state index contributed by atoms with van der Waals surface area (Å²) in [4.78, 5) is 18.8. The maximum absolute atomic E-state index is 12.9. The number of rotatable bonds is 3. The minimum absolute atomic E-state index is 0.0214. The van der Waals surface area contributed by atoms with Crippen molar-refractivity contribution in [1.82, 2.24) is 9.88 Å². The molecule has 2 aromatic carbocycles. The molecular weight excluding hydrogens is 272 g/mol. The fourth-order valence-electron chi connectivity index (χ4n) is 2.62. The zero-order chi connectivity index (χ0) is 15.5. The summed E-state index contributed by atoms with van der Waals surface area (Å²) in [6, 6.07) is 17.7. The highest BCUT2D eigenvalue weighted by molar-refractivity contribution is 6.07. The zero-order valence-corrected chi connectivity index (χ0v) is 12.7. The Labute approximate surface area is 130 Å². The first-order valence-electron chi connectivity index (χ1n) is 7.33. The fourth-order valence-corrected chi connectivity index (χ4v) is 2.62. The first kappa shape index (κ1) is 14.3. The second kappa shape index (κ2) is 5.98. The molecule has 3 nitrogen and oxygen atoms in total. The van der Waals surface area contributed by atoms with Crippen molar-refractivity contribution in [2.45, 2.75) is 13.0 Å². The molecule has 1 heterocycles. The number of aromatic nitrogens is 1. The molecule has 0 aliphatic heterocycles. The maximum atomic E-state index is 12.9. The average Bonchev–Trinajstić information content (AvgIpc) is 2.60. The third-order valence-corrected chi connectivity index (χ3v) is 4.09. The standard InChI is InChI=1S/C19H18N2O/c1-14(16-9-6-12-20-13-16)21(2)19(22)18-11-5-8-15-7-3-4-10-17(15)18/h3-14H,1-2H3/t14-/m0/s1. The molecule has 3 heteroatoms. The number of amides is 1. The minimum Gasteiger partial charge on any atom is -0.335 e. The van der Waals surface area contributed by atoms with E-state index in [1.54, 1.807) is 17.3 Å². The quantitative estimate of drug-likeness (QED) is 0.728. The van der Waals surface area contributed by atoms with Gasteiger partial charge in [0.15, 0.2) is 0 Å². The van der Waals surface area contributed by atoms with Crippen LogP contribution in [0.1, 0.15) is 28.9 Å². The van der Waals surface area contributed by atoms with Gasteiger partial charge in [-0.25, -0.2) is 0 Å². The summed E-state index contributed by atoms with van der Waals surface area (Å²) in [5, 5.41) is 2.07. The highest BCUT2D eigenvalue weighted by Crippen LogP contribution is 2.24. The van der Waals surface area contributed by atoms with Gasteiger partial charge in [0.25, 0.3) is 5.91 Å². The lowest BCUT2D eigenvalue weighted by Gasteiger charge is -2.25. The molecule has 1 amide bonds. The van der Waals surface area contributed by atoms with E-state index in [0.29, 0.717) is 0 Å². The lowest BCUT2D eigenvalue weighted by Crippen LogP contribution is -2.29. The van der Waals surface area contributed by atoms with E-state index in [9.17, 15) is 4.79 Å². The molecule has 0 fully saturated rings. The van der Waals surface area contributed by atoms with Crippen LogP contribution >= 0.6 is 0 Å². The minimum atomic E-state index is -0.0276. The molecule has 0 saturated heterocycles. The van der Waals surface area contributed by atoms with Crippen LogP contribution in [0.25, 0.3) is 10.8 Å². The Morgan fingerprint density at radius 2 is 1.82 bits per heavy atom. The fraction of sp³-hybridized carbons (Fsp3) is 0.158. The van der Waals surface area contributed by atoms with Crippen LogP contribution in [0.4, 0.5) is 0 Å². The number of carbonyl (C=O) groups excluding carboxylic acids is 1. The summed E-state index contributed by atoms with van der Waals surface area (Å²) < 4.78 is 0. The van der Waals surface area contributed by atoms with Crippen LogP contribution in [0.2, 0.25) is 0 Å². The molecule has 22 heavy (non-hydrogen) atoms. The molecule has 3 rings (SSSR count). The highest BCUT2D eigenvalue weighted by atomic mass is 16.2. The second-order valence-corrected chi connectivity index (χ2v) is 5.41. The van der Waals surface area contributed by atoms with Crippen molar-refractivity contribution in [3.63, 3.8) is 0 Å². The van der Waals surface area contributed by atoms with Crippen molar-refractivity contribution >= 4 is 16.7 Å². The van der Waals surface area contributed by atoms with Gasteiger partial charge in [-0.1, -0.05) is 42.5 Å². The van der Waals surface area contributed by atoms with E-state index >= 15 is 0 Å². The third kappa shape index (κ3) is 2.58. The van der Waals surface area contributed by atoms with Gasteiger partial charge in [0.1, 0.15) is 0 Å². The number of fused-ring (bicyclic) bond motifs is 1. The normalized spacial score (nSPS) is 12.1. The van der Waals surface area contributed by atoms with Crippen molar-refractivity contribution in [3.05, 3.63) is 78.1 Å². The molecule has 0 unspecified atom stereocenters. The van der Waals surface area contributed by atoms with Gasteiger partial charge >= 0.3 is 0 Å². The Balaban J connectivity index is 1.96. The van der Waals surface area contributed by atoms with Crippen LogP contribution in [0, 0.1) is 0 Å². The maximum Gasteiger partial charge on any atom is 0.254 e. The van der Waals surface area contributed by atoms with Crippen LogP contribution in [-0.4, -0.2) is 22.8 Å². The summed E-state index contributed by atoms with van der Waals surface area (Å²) in [7, 11) is 1.84. The Kier molecular flexibility index (Phi) is 3.88. The van der Waals surface area contributed by atoms with Gasteiger partial charge in [-0.2, -0.15) is 0 Å². The molecule has 0 aliphatic carbocycles. The number of nitrogens with zero attached hydrogens (tertiary/aromatic N) is 2. The van der Waals surface area contributed by atoms with Gasteiger partial charge < -0.3 is 4.90 Å². The van der Waals surface area contributed by atoms with E-state index in [1.165, 1.54) is 0 Å². The lowest BCUT2D eigenvalue weighted by atomic mass is 10.0. The number of hydrogen-bond acceptors (Lipinski definition) is 2. The predicted molar refractivity (Wildman–Crippen MR) is 88.7 cm³/mol. The summed E-state index contributed by atoms with van der Waals surface area (Å²) >= 11 is 0. The smallest absolute Gasteiger partial charge is 0.254 e. The van der Waals surface area contributed by atoms with Crippen molar-refractivity contribution < 1.29 is 4.79 Å². The predicted octanol–water partition coefficient (Wildman–Crippen LogP) is 4.07. The SMILES string of the molecule is C[C@@H](c1cccnc1)N(C)C(=O)c1cccc2ccccc12. The number of benzene rings is 2. The molecule has 1 atom stereocenters. The van der Waals surface area contributed by atoms with Crippen molar-refractivity contribution in [1.29, 1.82) is 0 Å². The van der Waals surface area contributed by atoms with Gasteiger partial charge in [0.2, 0.25) is 0 Å². The average molecular weight is 290 g/mol. The third-order valence-electron chi connectivity index (χ3n) is 4.09. The largest absolute Gasteiger partial charge is 0.335 e. The topological polar surface area (TPSA) is 33.2 Å². The molecule has 1 aromatic heterocycles. The van der Waals surface area contributed by atoms with Gasteiger partial charge in [0, 0.05) is 25.0 Å². The molecule has 0 saturated carbocycles. The molecule has 0 spiro atoms. The Morgan fingerprint density at radius 1 is 1.05 bits per heavy atom. The molecule has 110 valence electrons. The van der Waals surface area contributed by atoms with Gasteiger partial charge in [-0.05, 0) is 35.4 Å². The second-order valence-electron chi connectivity index (χ2n) is 5.41. The first-order valence-corrected chi connectivity index (χ1v) is 7.33. The molecule has 0 N–H and O–H groups in total. The first-order chi connectivity index (χ1) is 10.7. The van der Waals surface area contributed by atoms with Crippen molar-refractivity contribution in [3.8, 4) is 0 Å². The number of hydrogen-bond donors (Lipinski definition) is 0. The monoisotopic (exact) mass is 290 g/mol. The Bertz CT molecular complexity index is 793.